The van der Waals surface area contributed by atoms with Crippen LogP contribution in [-0.4, -0.2) is 35.2 Å². The molecule has 20 heavy (non-hydrogen) atoms. The van der Waals surface area contributed by atoms with Gasteiger partial charge < -0.3 is 5.11 Å². The zero-order chi connectivity index (χ0) is 13.9. The zero-order valence-corrected chi connectivity index (χ0v) is 12.5. The molecule has 0 radical (unpaired) electrons. The van der Waals surface area contributed by atoms with Gasteiger partial charge in [0.2, 0.25) is 0 Å². The van der Waals surface area contributed by atoms with E-state index in [9.17, 15) is 5.11 Å². The van der Waals surface area contributed by atoms with Gasteiger partial charge >= 0.3 is 0 Å². The van der Waals surface area contributed by atoms with Gasteiger partial charge in [0.1, 0.15) is 0 Å². The van der Waals surface area contributed by atoms with Crippen LogP contribution in [0, 0.1) is 5.92 Å². The molecule has 0 amide bonds. The van der Waals surface area contributed by atoms with Gasteiger partial charge in [-0.05, 0) is 62.6 Å². The first-order valence-electron chi connectivity index (χ1n) is 8.21. The third-order valence-electron chi connectivity index (χ3n) is 5.34. The molecule has 2 aliphatic rings. The number of aliphatic hydroxyl groups is 1. The minimum Gasteiger partial charge on any atom is -0.391 e. The van der Waals surface area contributed by atoms with E-state index in [-0.39, 0.29) is 6.10 Å². The highest BCUT2D eigenvalue weighted by molar-refractivity contribution is 5.20. The molecule has 2 nitrogen and oxygen atoms in total. The van der Waals surface area contributed by atoms with Crippen molar-refractivity contribution in [2.24, 2.45) is 5.92 Å². The Bertz CT molecular complexity index is 411. The Hall–Kier alpha value is -0.860. The molecule has 3 rings (SSSR count). The number of likely N-dealkylation sites (tertiary alicyclic amines) is 1. The van der Waals surface area contributed by atoms with E-state index >= 15 is 0 Å². The topological polar surface area (TPSA) is 23.5 Å². The van der Waals surface area contributed by atoms with E-state index in [0.29, 0.717) is 12.0 Å². The van der Waals surface area contributed by atoms with Crippen molar-refractivity contribution in [2.75, 3.05) is 13.1 Å². The van der Waals surface area contributed by atoms with Crippen LogP contribution in [0.5, 0.6) is 0 Å². The molecule has 1 aliphatic heterocycles. The number of nitrogens with zero attached hydrogens (tertiary/aromatic N) is 1. The summed E-state index contributed by atoms with van der Waals surface area (Å²) in [5, 5.41) is 10.4. The van der Waals surface area contributed by atoms with Crippen molar-refractivity contribution in [3.05, 3.63) is 35.9 Å². The third-order valence-corrected chi connectivity index (χ3v) is 5.34. The minimum absolute atomic E-state index is 0.122. The summed E-state index contributed by atoms with van der Waals surface area (Å²) in [5.41, 5.74) is 1.45. The molecule has 1 heterocycles. The number of benzene rings is 1. The van der Waals surface area contributed by atoms with E-state index in [1.165, 1.54) is 31.5 Å². The molecule has 3 atom stereocenters. The summed E-state index contributed by atoms with van der Waals surface area (Å²) in [6, 6.07) is 11.2. The van der Waals surface area contributed by atoms with E-state index < -0.39 is 0 Å². The second kappa shape index (κ2) is 6.28. The number of aliphatic hydroxyl groups excluding tert-OH is 1. The fourth-order valence-electron chi connectivity index (χ4n) is 3.91. The zero-order valence-electron chi connectivity index (χ0n) is 12.5. The Kier molecular flexibility index (Phi) is 4.42. The predicted molar refractivity (Wildman–Crippen MR) is 82.8 cm³/mol. The van der Waals surface area contributed by atoms with Gasteiger partial charge in [-0.3, -0.25) is 4.90 Å². The lowest BCUT2D eigenvalue weighted by Crippen LogP contribution is -2.49. The van der Waals surface area contributed by atoms with Crippen LogP contribution in [0.3, 0.4) is 0 Å². The smallest absolute Gasteiger partial charge is 0.0695 e. The van der Waals surface area contributed by atoms with Gasteiger partial charge in [-0.2, -0.15) is 0 Å². The molecular weight excluding hydrogens is 246 g/mol. The number of piperidine rings is 1. The number of rotatable bonds is 2. The molecule has 110 valence electrons. The first kappa shape index (κ1) is 14.1. The lowest BCUT2D eigenvalue weighted by Gasteiger charge is -2.43. The molecule has 1 saturated heterocycles. The van der Waals surface area contributed by atoms with E-state index in [4.69, 9.17) is 0 Å². The van der Waals surface area contributed by atoms with E-state index in [2.05, 4.69) is 42.2 Å². The molecule has 2 heteroatoms. The van der Waals surface area contributed by atoms with E-state index in [0.717, 1.165) is 25.2 Å². The molecule has 2 fully saturated rings. The number of hydrogen-bond acceptors (Lipinski definition) is 2. The molecule has 1 saturated carbocycles. The lowest BCUT2D eigenvalue weighted by molar-refractivity contribution is -0.000364. The van der Waals surface area contributed by atoms with E-state index in [1.807, 2.05) is 0 Å². The van der Waals surface area contributed by atoms with Gasteiger partial charge in [-0.15, -0.1) is 0 Å². The summed E-state index contributed by atoms with van der Waals surface area (Å²) in [6.45, 7) is 4.69. The normalized spacial score (nSPS) is 33.2. The van der Waals surface area contributed by atoms with Crippen molar-refractivity contribution >= 4 is 0 Å². The average Bonchev–Trinajstić information content (AvgIpc) is 2.50. The standard InChI is InChI=1S/C18H27NO/c1-14-9-11-19(12-10-14)17-13-16(7-8-18(17)20)15-5-3-2-4-6-15/h2-6,14,16-18,20H,7-13H2,1H3. The molecular formula is C18H27NO. The molecule has 0 bridgehead atoms. The molecule has 1 aliphatic carbocycles. The first-order chi connectivity index (χ1) is 9.74. The van der Waals surface area contributed by atoms with Crippen LogP contribution in [0.4, 0.5) is 0 Å². The van der Waals surface area contributed by atoms with Crippen LogP contribution >= 0.6 is 0 Å². The third kappa shape index (κ3) is 3.07. The average molecular weight is 273 g/mol. The van der Waals surface area contributed by atoms with Gasteiger partial charge in [-0.1, -0.05) is 37.3 Å². The second-order valence-corrected chi connectivity index (χ2v) is 6.77. The Morgan fingerprint density at radius 3 is 2.40 bits per heavy atom. The van der Waals surface area contributed by atoms with Crippen molar-refractivity contribution in [3.63, 3.8) is 0 Å². The van der Waals surface area contributed by atoms with Gasteiger partial charge in [0.05, 0.1) is 6.10 Å². The SMILES string of the molecule is CC1CCN(C2CC(c3ccccc3)CCC2O)CC1. The van der Waals surface area contributed by atoms with Gasteiger partial charge in [0.15, 0.2) is 0 Å². The lowest BCUT2D eigenvalue weighted by atomic mass is 9.78. The maximum absolute atomic E-state index is 10.4. The monoisotopic (exact) mass is 273 g/mol. The highest BCUT2D eigenvalue weighted by Gasteiger charge is 2.34. The van der Waals surface area contributed by atoms with Crippen molar-refractivity contribution in [3.8, 4) is 0 Å². The van der Waals surface area contributed by atoms with Crippen molar-refractivity contribution in [1.82, 2.24) is 4.90 Å². The summed E-state index contributed by atoms with van der Waals surface area (Å²) in [6.07, 6.45) is 5.67. The summed E-state index contributed by atoms with van der Waals surface area (Å²) in [7, 11) is 0. The maximum atomic E-state index is 10.4. The number of hydrogen-bond donors (Lipinski definition) is 1. The highest BCUT2D eigenvalue weighted by atomic mass is 16.3. The van der Waals surface area contributed by atoms with E-state index in [1.54, 1.807) is 0 Å². The van der Waals surface area contributed by atoms with Crippen LogP contribution in [0.2, 0.25) is 0 Å². The molecule has 1 aromatic carbocycles. The molecule has 3 unspecified atom stereocenters. The molecule has 0 aromatic heterocycles. The molecule has 0 spiro atoms. The van der Waals surface area contributed by atoms with Crippen LogP contribution in [0.25, 0.3) is 0 Å². The molecule has 1 aromatic rings. The van der Waals surface area contributed by atoms with Crippen LogP contribution < -0.4 is 0 Å². The summed E-state index contributed by atoms with van der Waals surface area (Å²) in [5.74, 6) is 1.49. The fraction of sp³-hybridized carbons (Fsp3) is 0.667. The fourth-order valence-corrected chi connectivity index (χ4v) is 3.91. The van der Waals surface area contributed by atoms with Crippen molar-refractivity contribution in [1.29, 1.82) is 0 Å². The second-order valence-electron chi connectivity index (χ2n) is 6.77. The Balaban J connectivity index is 1.67. The predicted octanol–water partition coefficient (Wildman–Crippen LogP) is 3.42. The van der Waals surface area contributed by atoms with Crippen LogP contribution in [0.1, 0.15) is 50.5 Å². The highest BCUT2D eigenvalue weighted by Crippen LogP contribution is 2.36. The summed E-state index contributed by atoms with van der Waals surface area (Å²) < 4.78 is 0. The van der Waals surface area contributed by atoms with Gasteiger partial charge in [0, 0.05) is 6.04 Å². The summed E-state index contributed by atoms with van der Waals surface area (Å²) in [4.78, 5) is 2.56. The Morgan fingerprint density at radius 2 is 1.70 bits per heavy atom. The van der Waals surface area contributed by atoms with Gasteiger partial charge in [0.25, 0.3) is 0 Å². The molecule has 1 N–H and O–H groups in total. The minimum atomic E-state index is -0.122. The van der Waals surface area contributed by atoms with Crippen LogP contribution in [0.15, 0.2) is 30.3 Å². The first-order valence-corrected chi connectivity index (χ1v) is 8.21. The van der Waals surface area contributed by atoms with Crippen molar-refractivity contribution < 1.29 is 5.11 Å². The van der Waals surface area contributed by atoms with Crippen LogP contribution in [-0.2, 0) is 0 Å². The van der Waals surface area contributed by atoms with Crippen molar-refractivity contribution in [2.45, 2.75) is 57.1 Å². The Morgan fingerprint density at radius 1 is 1.00 bits per heavy atom. The summed E-state index contributed by atoms with van der Waals surface area (Å²) >= 11 is 0. The Labute approximate surface area is 122 Å². The maximum Gasteiger partial charge on any atom is 0.0695 e. The van der Waals surface area contributed by atoms with Gasteiger partial charge in [-0.25, -0.2) is 0 Å². The quantitative estimate of drug-likeness (QED) is 0.892. The largest absolute Gasteiger partial charge is 0.391 e.